The van der Waals surface area contributed by atoms with E-state index in [1.807, 2.05) is 11.8 Å². The molecule has 1 heterocycles. The molecule has 3 nitrogen and oxygen atoms in total. The summed E-state index contributed by atoms with van der Waals surface area (Å²) >= 11 is 1.91. The van der Waals surface area contributed by atoms with Crippen LogP contribution < -0.4 is 5.32 Å². The van der Waals surface area contributed by atoms with Crippen LogP contribution in [0.4, 0.5) is 0 Å². The van der Waals surface area contributed by atoms with Crippen LogP contribution in [0.3, 0.4) is 0 Å². The zero-order chi connectivity index (χ0) is 14.5. The van der Waals surface area contributed by atoms with E-state index in [2.05, 4.69) is 51.2 Å². The van der Waals surface area contributed by atoms with Gasteiger partial charge in [-0.15, -0.1) is 0 Å². The zero-order valence-electron chi connectivity index (χ0n) is 13.5. The van der Waals surface area contributed by atoms with Gasteiger partial charge in [-0.1, -0.05) is 0 Å². The van der Waals surface area contributed by atoms with Gasteiger partial charge in [0.2, 0.25) is 0 Å². The zero-order valence-corrected chi connectivity index (χ0v) is 14.3. The Kier molecular flexibility index (Phi) is 7.15. The molecule has 3 unspecified atom stereocenters. The number of nitrogens with zero attached hydrogens (tertiary/aromatic N) is 1. The number of likely N-dealkylation sites (N-methyl/N-ethyl adjacent to an activating group) is 1. The third kappa shape index (κ3) is 6.98. The summed E-state index contributed by atoms with van der Waals surface area (Å²) in [7, 11) is 2.21. The summed E-state index contributed by atoms with van der Waals surface area (Å²) in [5.41, 5.74) is 0.186. The van der Waals surface area contributed by atoms with Crippen molar-refractivity contribution in [3.63, 3.8) is 0 Å². The van der Waals surface area contributed by atoms with E-state index in [4.69, 9.17) is 4.74 Å². The van der Waals surface area contributed by atoms with Gasteiger partial charge in [-0.3, -0.25) is 0 Å². The standard InChI is InChI=1S/C15H32N2OS/c1-12(11-19-6)17(5)10-14-8-7-13(18-14)9-16-15(2,3)4/h12-14,16H,7-11H2,1-6H3. The first-order chi connectivity index (χ1) is 8.81. The van der Waals surface area contributed by atoms with Crippen molar-refractivity contribution in [3.8, 4) is 0 Å². The molecule has 0 aromatic heterocycles. The Balaban J connectivity index is 2.24. The number of thioether (sulfide) groups is 1. The van der Waals surface area contributed by atoms with Crippen LogP contribution >= 0.6 is 11.8 Å². The number of hydrogen-bond donors (Lipinski definition) is 1. The van der Waals surface area contributed by atoms with Crippen molar-refractivity contribution in [2.75, 3.05) is 32.1 Å². The van der Waals surface area contributed by atoms with Crippen molar-refractivity contribution in [1.82, 2.24) is 10.2 Å². The predicted octanol–water partition coefficient (Wildman–Crippen LogP) is 2.61. The van der Waals surface area contributed by atoms with Crippen molar-refractivity contribution < 1.29 is 4.74 Å². The Labute approximate surface area is 123 Å². The lowest BCUT2D eigenvalue weighted by Gasteiger charge is -2.27. The fourth-order valence-electron chi connectivity index (χ4n) is 2.35. The van der Waals surface area contributed by atoms with Crippen molar-refractivity contribution in [1.29, 1.82) is 0 Å². The minimum Gasteiger partial charge on any atom is -0.372 e. The summed E-state index contributed by atoms with van der Waals surface area (Å²) in [6, 6.07) is 0.630. The minimum absolute atomic E-state index is 0.186. The number of nitrogens with one attached hydrogen (secondary N) is 1. The molecule has 1 rings (SSSR count). The van der Waals surface area contributed by atoms with Gasteiger partial charge < -0.3 is 15.0 Å². The van der Waals surface area contributed by atoms with Gasteiger partial charge in [0.1, 0.15) is 0 Å². The third-order valence-electron chi connectivity index (χ3n) is 3.71. The van der Waals surface area contributed by atoms with E-state index in [9.17, 15) is 0 Å². The molecule has 0 saturated carbocycles. The van der Waals surface area contributed by atoms with Crippen molar-refractivity contribution >= 4 is 11.8 Å². The van der Waals surface area contributed by atoms with Crippen LogP contribution in [0, 0.1) is 0 Å². The van der Waals surface area contributed by atoms with E-state index in [0.29, 0.717) is 18.2 Å². The molecule has 0 radical (unpaired) electrons. The van der Waals surface area contributed by atoms with Gasteiger partial charge >= 0.3 is 0 Å². The molecule has 1 N–H and O–H groups in total. The van der Waals surface area contributed by atoms with E-state index in [-0.39, 0.29) is 5.54 Å². The second-order valence-electron chi connectivity index (χ2n) is 6.83. The van der Waals surface area contributed by atoms with Crippen LogP contribution in [-0.4, -0.2) is 60.8 Å². The highest BCUT2D eigenvalue weighted by Crippen LogP contribution is 2.21. The predicted molar refractivity (Wildman–Crippen MR) is 86.1 cm³/mol. The molecule has 19 heavy (non-hydrogen) atoms. The van der Waals surface area contributed by atoms with Crippen LogP contribution in [0.1, 0.15) is 40.5 Å². The van der Waals surface area contributed by atoms with Gasteiger partial charge in [0, 0.05) is 30.4 Å². The molecule has 0 amide bonds. The van der Waals surface area contributed by atoms with Crippen LogP contribution in [0.2, 0.25) is 0 Å². The average molecular weight is 289 g/mol. The van der Waals surface area contributed by atoms with Gasteiger partial charge in [0.05, 0.1) is 12.2 Å². The Morgan fingerprint density at radius 2 is 1.95 bits per heavy atom. The second-order valence-corrected chi connectivity index (χ2v) is 7.74. The minimum atomic E-state index is 0.186. The summed E-state index contributed by atoms with van der Waals surface area (Å²) in [5.74, 6) is 1.19. The van der Waals surface area contributed by atoms with Gasteiger partial charge in [-0.05, 0) is 53.8 Å². The molecule has 3 atom stereocenters. The van der Waals surface area contributed by atoms with E-state index >= 15 is 0 Å². The molecule has 4 heteroatoms. The molecule has 1 saturated heterocycles. The molecule has 1 fully saturated rings. The molecule has 0 bridgehead atoms. The maximum absolute atomic E-state index is 6.14. The molecule has 0 aliphatic carbocycles. The maximum Gasteiger partial charge on any atom is 0.0707 e. The van der Waals surface area contributed by atoms with Crippen molar-refractivity contribution in [2.45, 2.75) is 64.3 Å². The van der Waals surface area contributed by atoms with E-state index in [0.717, 1.165) is 13.1 Å². The molecular weight excluding hydrogens is 256 g/mol. The molecule has 0 aromatic rings. The second kappa shape index (κ2) is 7.87. The average Bonchev–Trinajstić information content (AvgIpc) is 2.73. The van der Waals surface area contributed by atoms with Crippen LogP contribution in [0.15, 0.2) is 0 Å². The summed E-state index contributed by atoms with van der Waals surface area (Å²) in [6.07, 6.45) is 5.38. The van der Waals surface area contributed by atoms with E-state index in [1.165, 1.54) is 18.6 Å². The number of rotatable bonds is 7. The van der Waals surface area contributed by atoms with E-state index < -0.39 is 0 Å². The van der Waals surface area contributed by atoms with Crippen molar-refractivity contribution in [2.24, 2.45) is 0 Å². The molecule has 1 aliphatic rings. The SMILES string of the molecule is CSCC(C)N(C)CC1CCC(CNC(C)(C)C)O1. The van der Waals surface area contributed by atoms with Gasteiger partial charge in [-0.2, -0.15) is 11.8 Å². The summed E-state index contributed by atoms with van der Waals surface area (Å²) in [6.45, 7) is 11.0. The first-order valence-corrected chi connectivity index (χ1v) is 8.81. The van der Waals surface area contributed by atoms with Gasteiger partial charge in [0.15, 0.2) is 0 Å². The summed E-state index contributed by atoms with van der Waals surface area (Å²) < 4.78 is 6.14. The van der Waals surface area contributed by atoms with E-state index in [1.54, 1.807) is 0 Å². The maximum atomic E-state index is 6.14. The third-order valence-corrected chi connectivity index (χ3v) is 4.52. The van der Waals surface area contributed by atoms with Crippen LogP contribution in [0.5, 0.6) is 0 Å². The molecule has 0 aromatic carbocycles. The highest BCUT2D eigenvalue weighted by Gasteiger charge is 2.27. The first-order valence-electron chi connectivity index (χ1n) is 7.41. The molecular formula is C15H32N2OS. The summed E-state index contributed by atoms with van der Waals surface area (Å²) in [4.78, 5) is 2.43. The first kappa shape index (κ1) is 17.3. The highest BCUT2D eigenvalue weighted by atomic mass is 32.2. The smallest absolute Gasteiger partial charge is 0.0707 e. The lowest BCUT2D eigenvalue weighted by Crippen LogP contribution is -2.41. The largest absolute Gasteiger partial charge is 0.372 e. The van der Waals surface area contributed by atoms with Crippen molar-refractivity contribution in [3.05, 3.63) is 0 Å². The normalized spacial score (nSPS) is 26.1. The topological polar surface area (TPSA) is 24.5 Å². The Hall–Kier alpha value is 0.230. The fourth-order valence-corrected chi connectivity index (χ4v) is 3.09. The Morgan fingerprint density at radius 1 is 1.32 bits per heavy atom. The number of hydrogen-bond acceptors (Lipinski definition) is 4. The molecule has 1 aliphatic heterocycles. The summed E-state index contributed by atoms with van der Waals surface area (Å²) in [5, 5.41) is 3.54. The molecule has 0 spiro atoms. The van der Waals surface area contributed by atoms with Crippen LogP contribution in [-0.2, 0) is 4.74 Å². The monoisotopic (exact) mass is 288 g/mol. The lowest BCUT2D eigenvalue weighted by molar-refractivity contribution is 0.0209. The van der Waals surface area contributed by atoms with Gasteiger partial charge in [-0.25, -0.2) is 0 Å². The molecule has 114 valence electrons. The number of ether oxygens (including phenoxy) is 1. The Morgan fingerprint density at radius 3 is 2.53 bits per heavy atom. The highest BCUT2D eigenvalue weighted by molar-refractivity contribution is 7.98. The van der Waals surface area contributed by atoms with Gasteiger partial charge in [0.25, 0.3) is 0 Å². The van der Waals surface area contributed by atoms with Crippen LogP contribution in [0.25, 0.3) is 0 Å². The quantitative estimate of drug-likeness (QED) is 0.778. The lowest BCUT2D eigenvalue weighted by atomic mass is 10.1. The fraction of sp³-hybridized carbons (Fsp3) is 1.00. The Bertz CT molecular complexity index is 255.